The summed E-state index contributed by atoms with van der Waals surface area (Å²) in [6.07, 6.45) is 1.51. The Labute approximate surface area is 164 Å². The molecular formula is C20H23N3O4S. The van der Waals surface area contributed by atoms with Crippen LogP contribution >= 0.6 is 0 Å². The first-order valence-electron chi connectivity index (χ1n) is 8.70. The van der Waals surface area contributed by atoms with Gasteiger partial charge in [-0.2, -0.15) is 0 Å². The van der Waals surface area contributed by atoms with Crippen molar-refractivity contribution in [3.05, 3.63) is 76.7 Å². The largest absolute Gasteiger partial charge is 0.355 e. The zero-order valence-electron chi connectivity index (χ0n) is 15.5. The highest BCUT2D eigenvalue weighted by Gasteiger charge is 2.08. The number of hydrogen-bond acceptors (Lipinski definition) is 4. The first kappa shape index (κ1) is 21.3. The number of rotatable bonds is 9. The van der Waals surface area contributed by atoms with Crippen LogP contribution in [-0.4, -0.2) is 33.8 Å². The third-order valence-electron chi connectivity index (χ3n) is 3.83. The zero-order valence-corrected chi connectivity index (χ0v) is 16.3. The van der Waals surface area contributed by atoms with Gasteiger partial charge in [0, 0.05) is 37.5 Å². The van der Waals surface area contributed by atoms with E-state index in [0.717, 1.165) is 16.5 Å². The van der Waals surface area contributed by atoms with Gasteiger partial charge in [0.15, 0.2) is 0 Å². The zero-order chi connectivity index (χ0) is 20.4. The topological polar surface area (TPSA) is 104 Å². The molecule has 0 radical (unpaired) electrons. The van der Waals surface area contributed by atoms with Gasteiger partial charge in [0.1, 0.15) is 0 Å². The van der Waals surface area contributed by atoms with Crippen molar-refractivity contribution in [1.29, 1.82) is 0 Å². The van der Waals surface area contributed by atoms with E-state index < -0.39 is 10.0 Å². The van der Waals surface area contributed by atoms with E-state index in [1.165, 1.54) is 6.08 Å². The Bertz CT molecular complexity index is 924. The number of carbonyl (C=O) groups excluding carboxylic acids is 2. The van der Waals surface area contributed by atoms with Crippen molar-refractivity contribution in [1.82, 2.24) is 15.4 Å². The van der Waals surface area contributed by atoms with Crippen molar-refractivity contribution in [3.63, 3.8) is 0 Å². The van der Waals surface area contributed by atoms with Crippen LogP contribution in [0.2, 0.25) is 0 Å². The molecule has 0 saturated carbocycles. The Kier molecular flexibility index (Phi) is 7.91. The lowest BCUT2D eigenvalue weighted by Gasteiger charge is -2.07. The maximum absolute atomic E-state index is 11.9. The van der Waals surface area contributed by atoms with Crippen molar-refractivity contribution in [2.75, 3.05) is 13.6 Å². The Morgan fingerprint density at radius 1 is 1.00 bits per heavy atom. The number of amides is 2. The fourth-order valence-electron chi connectivity index (χ4n) is 2.29. The van der Waals surface area contributed by atoms with E-state index in [1.807, 2.05) is 18.2 Å². The Morgan fingerprint density at radius 3 is 2.32 bits per heavy atom. The summed E-state index contributed by atoms with van der Waals surface area (Å²) in [6.45, 7) is 0.302. The molecule has 3 N–H and O–H groups in total. The van der Waals surface area contributed by atoms with Crippen LogP contribution in [0.5, 0.6) is 0 Å². The molecule has 0 atom stereocenters. The lowest BCUT2D eigenvalue weighted by molar-refractivity contribution is -0.121. The number of nitrogens with one attached hydrogen (secondary N) is 3. The third kappa shape index (κ3) is 7.34. The summed E-state index contributed by atoms with van der Waals surface area (Å²) in [5.74, 6) is -0.450. The maximum atomic E-state index is 11.9. The van der Waals surface area contributed by atoms with Crippen LogP contribution in [0.15, 0.2) is 60.0 Å². The monoisotopic (exact) mass is 401 g/mol. The van der Waals surface area contributed by atoms with Gasteiger partial charge in [-0.05, 0) is 29.3 Å². The molecule has 7 nitrogen and oxygen atoms in total. The Morgan fingerprint density at radius 2 is 1.68 bits per heavy atom. The summed E-state index contributed by atoms with van der Waals surface area (Å²) in [5.41, 5.74) is 2.15. The van der Waals surface area contributed by atoms with E-state index in [1.54, 1.807) is 43.4 Å². The van der Waals surface area contributed by atoms with Gasteiger partial charge >= 0.3 is 0 Å². The molecule has 0 aliphatic rings. The van der Waals surface area contributed by atoms with E-state index in [9.17, 15) is 18.0 Å². The van der Waals surface area contributed by atoms with Crippen LogP contribution in [-0.2, 0) is 21.4 Å². The molecule has 0 heterocycles. The normalized spacial score (nSPS) is 11.3. The summed E-state index contributed by atoms with van der Waals surface area (Å²) >= 11 is 0. The Hall–Kier alpha value is -2.97. The number of benzene rings is 2. The van der Waals surface area contributed by atoms with Gasteiger partial charge in [-0.3, -0.25) is 9.59 Å². The summed E-state index contributed by atoms with van der Waals surface area (Å²) < 4.78 is 26.2. The quantitative estimate of drug-likeness (QED) is 0.594. The average Bonchev–Trinajstić information content (AvgIpc) is 2.71. The highest BCUT2D eigenvalue weighted by molar-refractivity contribution is 7.92. The van der Waals surface area contributed by atoms with Crippen LogP contribution in [0.3, 0.4) is 0 Å². The first-order valence-corrected chi connectivity index (χ1v) is 10.2. The highest BCUT2D eigenvalue weighted by Crippen LogP contribution is 2.05. The molecule has 0 saturated heterocycles. The second-order valence-corrected chi connectivity index (χ2v) is 7.61. The van der Waals surface area contributed by atoms with Crippen molar-refractivity contribution in [2.45, 2.75) is 13.0 Å². The molecule has 0 aromatic heterocycles. The fourth-order valence-corrected chi connectivity index (χ4v) is 3.11. The van der Waals surface area contributed by atoms with Gasteiger partial charge in [0.25, 0.3) is 5.91 Å². The first-order chi connectivity index (χ1) is 13.4. The predicted molar refractivity (Wildman–Crippen MR) is 109 cm³/mol. The predicted octanol–water partition coefficient (Wildman–Crippen LogP) is 1.64. The molecule has 2 aromatic carbocycles. The molecule has 0 spiro atoms. The average molecular weight is 401 g/mol. The van der Waals surface area contributed by atoms with Crippen LogP contribution in [0, 0.1) is 0 Å². The Balaban J connectivity index is 1.73. The maximum Gasteiger partial charge on any atom is 0.251 e. The third-order valence-corrected chi connectivity index (χ3v) is 4.93. The van der Waals surface area contributed by atoms with Gasteiger partial charge in [-0.15, -0.1) is 0 Å². The molecule has 2 rings (SSSR count). The minimum Gasteiger partial charge on any atom is -0.355 e. The van der Waals surface area contributed by atoms with Crippen LogP contribution < -0.4 is 15.4 Å². The minimum absolute atomic E-state index is 0.00288. The van der Waals surface area contributed by atoms with Crippen molar-refractivity contribution in [3.8, 4) is 0 Å². The number of hydrogen-bond donors (Lipinski definition) is 3. The SMILES string of the molecule is CNC(=O)c1ccc(CNC(=O)CCNS(=O)(=O)/C=C/c2ccccc2)cc1. The molecule has 148 valence electrons. The molecule has 28 heavy (non-hydrogen) atoms. The van der Waals surface area contributed by atoms with Gasteiger partial charge in [-0.1, -0.05) is 42.5 Å². The summed E-state index contributed by atoms with van der Waals surface area (Å²) in [4.78, 5) is 23.4. The van der Waals surface area contributed by atoms with Gasteiger partial charge in [0.2, 0.25) is 15.9 Å². The summed E-state index contributed by atoms with van der Waals surface area (Å²) in [7, 11) is -2.05. The van der Waals surface area contributed by atoms with Crippen molar-refractivity contribution < 1.29 is 18.0 Å². The summed E-state index contributed by atoms with van der Waals surface area (Å²) in [6, 6.07) is 15.9. The van der Waals surface area contributed by atoms with Crippen LogP contribution in [0.25, 0.3) is 6.08 Å². The van der Waals surface area contributed by atoms with E-state index in [0.29, 0.717) is 12.1 Å². The second-order valence-electron chi connectivity index (χ2n) is 5.96. The molecule has 2 amide bonds. The molecular weight excluding hydrogens is 378 g/mol. The molecule has 0 bridgehead atoms. The highest BCUT2D eigenvalue weighted by atomic mass is 32.2. The van der Waals surface area contributed by atoms with Crippen LogP contribution in [0.1, 0.15) is 27.9 Å². The lowest BCUT2D eigenvalue weighted by Crippen LogP contribution is -2.29. The molecule has 0 aliphatic carbocycles. The fraction of sp³-hybridized carbons (Fsp3) is 0.200. The smallest absolute Gasteiger partial charge is 0.251 e. The van der Waals surface area contributed by atoms with Gasteiger partial charge in [0.05, 0.1) is 0 Å². The van der Waals surface area contributed by atoms with E-state index in [-0.39, 0.29) is 24.8 Å². The standard InChI is InChI=1S/C20H23N3O4S/c1-21-20(25)18-9-7-17(8-10-18)15-22-19(24)11-13-23-28(26,27)14-12-16-5-3-2-4-6-16/h2-10,12,14,23H,11,13,15H2,1H3,(H,21,25)(H,22,24)/b14-12+. The molecule has 8 heteroatoms. The molecule has 0 unspecified atom stereocenters. The molecule has 2 aromatic rings. The second kappa shape index (κ2) is 10.4. The molecule has 0 fully saturated rings. The van der Waals surface area contributed by atoms with Gasteiger partial charge < -0.3 is 10.6 Å². The van der Waals surface area contributed by atoms with E-state index in [4.69, 9.17) is 0 Å². The van der Waals surface area contributed by atoms with Gasteiger partial charge in [-0.25, -0.2) is 13.1 Å². The minimum atomic E-state index is -3.61. The summed E-state index contributed by atoms with van der Waals surface area (Å²) in [5, 5.41) is 6.33. The van der Waals surface area contributed by atoms with Crippen molar-refractivity contribution >= 4 is 27.9 Å². The van der Waals surface area contributed by atoms with E-state index >= 15 is 0 Å². The van der Waals surface area contributed by atoms with E-state index in [2.05, 4.69) is 15.4 Å². The number of carbonyl (C=O) groups is 2. The lowest BCUT2D eigenvalue weighted by atomic mass is 10.1. The molecule has 0 aliphatic heterocycles. The van der Waals surface area contributed by atoms with Crippen molar-refractivity contribution in [2.24, 2.45) is 0 Å². The number of sulfonamides is 1. The van der Waals surface area contributed by atoms with Crippen LogP contribution in [0.4, 0.5) is 0 Å².